The van der Waals surface area contributed by atoms with Crippen molar-refractivity contribution in [2.45, 2.75) is 57.4 Å². The first-order chi connectivity index (χ1) is 11.5. The summed E-state index contributed by atoms with van der Waals surface area (Å²) in [5.74, 6) is -2.80. The average Bonchev–Trinajstić information content (AvgIpc) is 2.96. The van der Waals surface area contributed by atoms with Crippen LogP contribution in [-0.2, 0) is 9.59 Å². The summed E-state index contributed by atoms with van der Waals surface area (Å²) in [6.45, 7) is 2.15. The SMILES string of the molecule is CCC1CCC(Nc2cc(F)c(C3CCC(=O)NC3=O)c(F)c2)C1. The normalized spacial score (nSPS) is 27.2. The first-order valence-electron chi connectivity index (χ1n) is 8.57. The molecule has 0 aromatic heterocycles. The summed E-state index contributed by atoms with van der Waals surface area (Å²) in [6, 6.07) is 2.73. The van der Waals surface area contributed by atoms with Gasteiger partial charge in [-0.2, -0.15) is 0 Å². The van der Waals surface area contributed by atoms with Crippen LogP contribution in [0.25, 0.3) is 0 Å². The van der Waals surface area contributed by atoms with Crippen LogP contribution in [0.2, 0.25) is 0 Å². The number of hydrogen-bond acceptors (Lipinski definition) is 3. The van der Waals surface area contributed by atoms with Gasteiger partial charge in [-0.1, -0.05) is 13.3 Å². The van der Waals surface area contributed by atoms with Crippen molar-refractivity contribution < 1.29 is 18.4 Å². The summed E-state index contributed by atoms with van der Waals surface area (Å²) in [4.78, 5) is 23.1. The van der Waals surface area contributed by atoms with Crippen molar-refractivity contribution in [3.8, 4) is 0 Å². The monoisotopic (exact) mass is 336 g/mol. The standard InChI is InChI=1S/C18H22F2N2O2/c1-2-10-3-4-11(7-10)21-12-8-14(19)17(15(20)9-12)13-5-6-16(23)22-18(13)24/h8-11,13,21H,2-7H2,1H3,(H,22,23,24). The maximum atomic E-state index is 14.4. The quantitative estimate of drug-likeness (QED) is 0.828. The van der Waals surface area contributed by atoms with Crippen molar-refractivity contribution in [2.24, 2.45) is 5.92 Å². The lowest BCUT2D eigenvalue weighted by Gasteiger charge is -2.23. The van der Waals surface area contributed by atoms with E-state index in [0.29, 0.717) is 11.6 Å². The van der Waals surface area contributed by atoms with Crippen molar-refractivity contribution in [1.29, 1.82) is 0 Å². The topological polar surface area (TPSA) is 58.2 Å². The predicted molar refractivity (Wildman–Crippen MR) is 86.5 cm³/mol. The molecule has 1 heterocycles. The van der Waals surface area contributed by atoms with Gasteiger partial charge in [0.25, 0.3) is 0 Å². The molecule has 2 fully saturated rings. The Morgan fingerprint density at radius 3 is 2.46 bits per heavy atom. The Morgan fingerprint density at radius 2 is 1.88 bits per heavy atom. The number of anilines is 1. The van der Waals surface area contributed by atoms with Gasteiger partial charge in [0, 0.05) is 23.7 Å². The third-order valence-electron chi connectivity index (χ3n) is 5.16. The van der Waals surface area contributed by atoms with Crippen molar-refractivity contribution in [3.05, 3.63) is 29.3 Å². The van der Waals surface area contributed by atoms with Crippen LogP contribution in [0.4, 0.5) is 14.5 Å². The number of imide groups is 1. The molecule has 130 valence electrons. The van der Waals surface area contributed by atoms with Gasteiger partial charge in [0.05, 0.1) is 5.92 Å². The van der Waals surface area contributed by atoms with Gasteiger partial charge in [0.1, 0.15) is 11.6 Å². The molecule has 1 aliphatic heterocycles. The zero-order valence-electron chi connectivity index (χ0n) is 13.7. The summed E-state index contributed by atoms with van der Waals surface area (Å²) in [7, 11) is 0. The van der Waals surface area contributed by atoms with Crippen LogP contribution in [0, 0.1) is 17.6 Å². The Morgan fingerprint density at radius 1 is 1.17 bits per heavy atom. The predicted octanol–water partition coefficient (Wildman–Crippen LogP) is 3.48. The van der Waals surface area contributed by atoms with E-state index in [1.54, 1.807) is 0 Å². The van der Waals surface area contributed by atoms with Crippen molar-refractivity contribution in [3.63, 3.8) is 0 Å². The zero-order valence-corrected chi connectivity index (χ0v) is 13.7. The molecule has 1 aliphatic carbocycles. The Bertz CT molecular complexity index is 639. The number of carbonyl (C=O) groups excluding carboxylic acids is 2. The Kier molecular flexibility index (Phi) is 4.83. The summed E-state index contributed by atoms with van der Waals surface area (Å²) in [5, 5.41) is 5.34. The van der Waals surface area contributed by atoms with E-state index < -0.39 is 29.4 Å². The van der Waals surface area contributed by atoms with Gasteiger partial charge in [0.2, 0.25) is 11.8 Å². The molecule has 2 amide bonds. The van der Waals surface area contributed by atoms with Gasteiger partial charge in [-0.25, -0.2) is 8.78 Å². The van der Waals surface area contributed by atoms with Crippen LogP contribution < -0.4 is 10.6 Å². The fraction of sp³-hybridized carbons (Fsp3) is 0.556. The molecule has 3 unspecified atom stereocenters. The lowest BCUT2D eigenvalue weighted by molar-refractivity contribution is -0.134. The first kappa shape index (κ1) is 16.9. The lowest BCUT2D eigenvalue weighted by atomic mass is 9.89. The van der Waals surface area contributed by atoms with Crippen LogP contribution in [0.15, 0.2) is 12.1 Å². The van der Waals surface area contributed by atoms with Crippen LogP contribution in [-0.4, -0.2) is 17.9 Å². The highest BCUT2D eigenvalue weighted by molar-refractivity contribution is 6.01. The second-order valence-electron chi connectivity index (χ2n) is 6.79. The number of rotatable bonds is 4. The molecule has 6 heteroatoms. The number of amides is 2. The minimum absolute atomic E-state index is 0.0930. The van der Waals surface area contributed by atoms with Gasteiger partial charge >= 0.3 is 0 Å². The molecule has 24 heavy (non-hydrogen) atoms. The highest BCUT2D eigenvalue weighted by Gasteiger charge is 2.33. The van der Waals surface area contributed by atoms with E-state index in [9.17, 15) is 18.4 Å². The van der Waals surface area contributed by atoms with Gasteiger partial charge in [0.15, 0.2) is 0 Å². The Labute approximate surface area is 140 Å². The molecular formula is C18H22F2N2O2. The van der Waals surface area contributed by atoms with Crippen molar-refractivity contribution in [1.82, 2.24) is 5.32 Å². The third-order valence-corrected chi connectivity index (χ3v) is 5.16. The van der Waals surface area contributed by atoms with Crippen LogP contribution >= 0.6 is 0 Å². The molecule has 2 N–H and O–H groups in total. The average molecular weight is 336 g/mol. The molecule has 0 spiro atoms. The summed E-state index contributed by atoms with van der Waals surface area (Å²) in [5.41, 5.74) is 0.159. The number of hydrogen-bond donors (Lipinski definition) is 2. The molecule has 1 aromatic rings. The Hall–Kier alpha value is -1.98. The molecule has 1 saturated carbocycles. The van der Waals surface area contributed by atoms with E-state index in [2.05, 4.69) is 17.6 Å². The molecule has 1 aromatic carbocycles. The van der Waals surface area contributed by atoms with Crippen LogP contribution in [0.1, 0.15) is 56.9 Å². The van der Waals surface area contributed by atoms with E-state index in [1.807, 2.05) is 0 Å². The molecule has 4 nitrogen and oxygen atoms in total. The molecule has 2 aliphatic rings. The summed E-state index contributed by atoms with van der Waals surface area (Å²) >= 11 is 0. The fourth-order valence-electron chi connectivity index (χ4n) is 3.78. The zero-order chi connectivity index (χ0) is 17.3. The van der Waals surface area contributed by atoms with Crippen molar-refractivity contribution in [2.75, 3.05) is 5.32 Å². The number of piperidine rings is 1. The molecule has 1 saturated heterocycles. The molecular weight excluding hydrogens is 314 g/mol. The van der Waals surface area contributed by atoms with E-state index in [1.165, 1.54) is 12.1 Å². The maximum absolute atomic E-state index is 14.4. The first-order valence-corrected chi connectivity index (χ1v) is 8.57. The number of carbonyl (C=O) groups is 2. The largest absolute Gasteiger partial charge is 0.382 e. The molecule has 0 radical (unpaired) electrons. The fourth-order valence-corrected chi connectivity index (χ4v) is 3.78. The summed E-state index contributed by atoms with van der Waals surface area (Å²) < 4.78 is 28.9. The van der Waals surface area contributed by atoms with E-state index in [-0.39, 0.29) is 24.4 Å². The van der Waals surface area contributed by atoms with E-state index >= 15 is 0 Å². The number of benzene rings is 1. The highest BCUT2D eigenvalue weighted by atomic mass is 19.1. The van der Waals surface area contributed by atoms with Gasteiger partial charge in [-0.05, 0) is 43.7 Å². The summed E-state index contributed by atoms with van der Waals surface area (Å²) in [6.07, 6.45) is 4.48. The minimum Gasteiger partial charge on any atom is -0.382 e. The number of halogens is 2. The Balaban J connectivity index is 1.76. The van der Waals surface area contributed by atoms with Crippen LogP contribution in [0.5, 0.6) is 0 Å². The van der Waals surface area contributed by atoms with Crippen molar-refractivity contribution >= 4 is 17.5 Å². The number of nitrogens with one attached hydrogen (secondary N) is 2. The second kappa shape index (κ2) is 6.87. The highest BCUT2D eigenvalue weighted by Crippen LogP contribution is 2.33. The molecule has 0 bridgehead atoms. The van der Waals surface area contributed by atoms with Crippen LogP contribution in [0.3, 0.4) is 0 Å². The van der Waals surface area contributed by atoms with E-state index in [0.717, 1.165) is 25.7 Å². The van der Waals surface area contributed by atoms with E-state index in [4.69, 9.17) is 0 Å². The molecule has 3 atom stereocenters. The van der Waals surface area contributed by atoms with Gasteiger partial charge < -0.3 is 5.32 Å². The third kappa shape index (κ3) is 3.42. The van der Waals surface area contributed by atoms with Gasteiger partial charge in [-0.15, -0.1) is 0 Å². The lowest BCUT2D eigenvalue weighted by Crippen LogP contribution is -2.40. The minimum atomic E-state index is -0.951. The smallest absolute Gasteiger partial charge is 0.234 e. The maximum Gasteiger partial charge on any atom is 0.234 e. The second-order valence-corrected chi connectivity index (χ2v) is 6.79. The molecule has 3 rings (SSSR count). The van der Waals surface area contributed by atoms with Gasteiger partial charge in [-0.3, -0.25) is 14.9 Å².